The molecule has 1 saturated carbocycles. The minimum Gasteiger partial charge on any atom is -0.352 e. The highest BCUT2D eigenvalue weighted by Gasteiger charge is 2.29. The van der Waals surface area contributed by atoms with Gasteiger partial charge in [-0.05, 0) is 55.5 Å². The Kier molecular flexibility index (Phi) is 7.00. The number of carbonyl (C=O) groups is 3. The maximum absolute atomic E-state index is 12.5. The van der Waals surface area contributed by atoms with Crippen molar-refractivity contribution < 1.29 is 14.4 Å². The van der Waals surface area contributed by atoms with Crippen molar-refractivity contribution >= 4 is 29.1 Å². The fraction of sp³-hybridized carbons (Fsp3) is 0.348. The summed E-state index contributed by atoms with van der Waals surface area (Å²) < 4.78 is 0. The second-order valence-corrected chi connectivity index (χ2v) is 7.50. The monoisotopic (exact) mass is 393 g/mol. The van der Waals surface area contributed by atoms with Gasteiger partial charge in [0.05, 0.1) is 0 Å². The molecule has 0 atom stereocenters. The van der Waals surface area contributed by atoms with Crippen molar-refractivity contribution in [2.45, 2.75) is 39.2 Å². The summed E-state index contributed by atoms with van der Waals surface area (Å²) in [5.41, 5.74) is 2.47. The molecule has 2 aromatic carbocycles. The van der Waals surface area contributed by atoms with Gasteiger partial charge in [-0.1, -0.05) is 30.3 Å². The molecular formula is C23H27N3O3. The van der Waals surface area contributed by atoms with Gasteiger partial charge in [-0.2, -0.15) is 0 Å². The molecule has 1 aliphatic carbocycles. The van der Waals surface area contributed by atoms with Gasteiger partial charge in [0.25, 0.3) is 0 Å². The molecule has 6 nitrogen and oxygen atoms in total. The van der Waals surface area contributed by atoms with Crippen LogP contribution in [0.3, 0.4) is 0 Å². The van der Waals surface area contributed by atoms with Gasteiger partial charge in [0.15, 0.2) is 0 Å². The zero-order valence-corrected chi connectivity index (χ0v) is 16.6. The van der Waals surface area contributed by atoms with Crippen molar-refractivity contribution in [3.8, 4) is 0 Å². The van der Waals surface area contributed by atoms with Gasteiger partial charge < -0.3 is 16.0 Å². The van der Waals surface area contributed by atoms with Crippen LogP contribution in [-0.4, -0.2) is 17.7 Å². The van der Waals surface area contributed by atoms with E-state index in [0.717, 1.165) is 18.4 Å². The molecule has 0 saturated heterocycles. The molecule has 0 heterocycles. The maximum atomic E-state index is 12.5. The lowest BCUT2D eigenvalue weighted by molar-refractivity contribution is -0.128. The van der Waals surface area contributed by atoms with Crippen LogP contribution in [0.25, 0.3) is 0 Å². The lowest BCUT2D eigenvalue weighted by Gasteiger charge is -2.27. The first-order chi connectivity index (χ1) is 14.0. The number of carbonyl (C=O) groups excluding carboxylic acids is 3. The Labute approximate surface area is 171 Å². The Bertz CT molecular complexity index is 841. The summed E-state index contributed by atoms with van der Waals surface area (Å²) in [4.78, 5) is 36.0. The third-order valence-electron chi connectivity index (χ3n) is 5.25. The van der Waals surface area contributed by atoms with Crippen molar-refractivity contribution in [3.05, 3.63) is 60.2 Å². The molecule has 6 heteroatoms. The van der Waals surface area contributed by atoms with Crippen LogP contribution in [0.1, 0.15) is 38.2 Å². The number of benzene rings is 2. The number of anilines is 2. The second kappa shape index (κ2) is 9.87. The van der Waals surface area contributed by atoms with E-state index >= 15 is 0 Å². The number of hydrogen-bond donors (Lipinski definition) is 3. The molecule has 152 valence electrons. The summed E-state index contributed by atoms with van der Waals surface area (Å²) in [6, 6.07) is 16.9. The molecular weight excluding hydrogens is 366 g/mol. The molecule has 0 radical (unpaired) electrons. The van der Waals surface area contributed by atoms with Crippen molar-refractivity contribution in [3.63, 3.8) is 0 Å². The topological polar surface area (TPSA) is 87.3 Å². The normalized spacial score (nSPS) is 18.5. The Morgan fingerprint density at radius 1 is 0.759 bits per heavy atom. The van der Waals surface area contributed by atoms with Crippen molar-refractivity contribution in [1.29, 1.82) is 0 Å². The summed E-state index contributed by atoms with van der Waals surface area (Å²) in [5.74, 6) is -0.184. The van der Waals surface area contributed by atoms with Gasteiger partial charge in [-0.15, -0.1) is 0 Å². The lowest BCUT2D eigenvalue weighted by Crippen LogP contribution is -2.35. The fourth-order valence-corrected chi connectivity index (χ4v) is 3.63. The SMILES string of the molecule is CC(=O)Nc1ccc(NC(=O)C2CCC(C(=O)NCc3ccccc3)CC2)cc1. The Hall–Kier alpha value is -3.15. The molecule has 1 fully saturated rings. The number of nitrogens with one attached hydrogen (secondary N) is 3. The summed E-state index contributed by atoms with van der Waals surface area (Å²) in [5, 5.41) is 8.63. The molecule has 0 aliphatic heterocycles. The molecule has 3 N–H and O–H groups in total. The summed E-state index contributed by atoms with van der Waals surface area (Å²) >= 11 is 0. The number of rotatable bonds is 6. The van der Waals surface area contributed by atoms with Crippen LogP contribution in [0, 0.1) is 11.8 Å². The van der Waals surface area contributed by atoms with Gasteiger partial charge in [0.2, 0.25) is 17.7 Å². The van der Waals surface area contributed by atoms with E-state index in [4.69, 9.17) is 0 Å². The summed E-state index contributed by atoms with van der Waals surface area (Å²) in [7, 11) is 0. The zero-order valence-electron chi connectivity index (χ0n) is 16.6. The van der Waals surface area contributed by atoms with Crippen molar-refractivity contribution in [2.75, 3.05) is 10.6 Å². The van der Waals surface area contributed by atoms with Crippen LogP contribution in [-0.2, 0) is 20.9 Å². The molecule has 2 aromatic rings. The third-order valence-corrected chi connectivity index (χ3v) is 5.25. The van der Waals surface area contributed by atoms with Crippen LogP contribution < -0.4 is 16.0 Å². The van der Waals surface area contributed by atoms with Crippen LogP contribution >= 0.6 is 0 Å². The van der Waals surface area contributed by atoms with Crippen LogP contribution in [0.5, 0.6) is 0 Å². The number of amides is 3. The van der Waals surface area contributed by atoms with Gasteiger partial charge in [-0.3, -0.25) is 14.4 Å². The fourth-order valence-electron chi connectivity index (χ4n) is 3.63. The standard InChI is InChI=1S/C23H27N3O3/c1-16(27)25-20-11-13-21(14-12-20)26-23(29)19-9-7-18(8-10-19)22(28)24-15-17-5-3-2-4-6-17/h2-6,11-14,18-19H,7-10,15H2,1H3,(H,24,28)(H,25,27)(H,26,29). The minimum atomic E-state index is -0.133. The van der Waals surface area contributed by atoms with Gasteiger partial charge in [0, 0.05) is 36.7 Å². The van der Waals surface area contributed by atoms with E-state index in [1.807, 2.05) is 30.3 Å². The Balaban J connectivity index is 1.43. The highest BCUT2D eigenvalue weighted by molar-refractivity contribution is 5.93. The van der Waals surface area contributed by atoms with E-state index in [9.17, 15) is 14.4 Å². The number of hydrogen-bond acceptors (Lipinski definition) is 3. The van der Waals surface area contributed by atoms with E-state index < -0.39 is 0 Å². The van der Waals surface area contributed by atoms with E-state index in [-0.39, 0.29) is 29.6 Å². The molecule has 0 unspecified atom stereocenters. The molecule has 3 amide bonds. The molecule has 0 aromatic heterocycles. The van der Waals surface area contributed by atoms with E-state index in [2.05, 4.69) is 16.0 Å². The Morgan fingerprint density at radius 3 is 1.83 bits per heavy atom. The van der Waals surface area contributed by atoms with E-state index in [1.165, 1.54) is 6.92 Å². The summed E-state index contributed by atoms with van der Waals surface area (Å²) in [6.45, 7) is 1.99. The molecule has 1 aliphatic rings. The van der Waals surface area contributed by atoms with E-state index in [0.29, 0.717) is 30.8 Å². The van der Waals surface area contributed by atoms with Crippen molar-refractivity contribution in [2.24, 2.45) is 11.8 Å². The minimum absolute atomic E-state index is 0.0135. The predicted molar refractivity (Wildman–Crippen MR) is 113 cm³/mol. The second-order valence-electron chi connectivity index (χ2n) is 7.50. The van der Waals surface area contributed by atoms with Crippen LogP contribution in [0.4, 0.5) is 11.4 Å². The highest BCUT2D eigenvalue weighted by atomic mass is 16.2. The first kappa shape index (κ1) is 20.6. The average Bonchev–Trinajstić information content (AvgIpc) is 2.74. The molecule has 0 bridgehead atoms. The smallest absolute Gasteiger partial charge is 0.227 e. The first-order valence-corrected chi connectivity index (χ1v) is 10.0. The van der Waals surface area contributed by atoms with Gasteiger partial charge in [0.1, 0.15) is 0 Å². The largest absolute Gasteiger partial charge is 0.352 e. The molecule has 0 spiro atoms. The van der Waals surface area contributed by atoms with Gasteiger partial charge >= 0.3 is 0 Å². The maximum Gasteiger partial charge on any atom is 0.227 e. The Morgan fingerprint density at radius 2 is 1.28 bits per heavy atom. The predicted octanol–water partition coefficient (Wildman–Crippen LogP) is 3.71. The molecule has 29 heavy (non-hydrogen) atoms. The summed E-state index contributed by atoms with van der Waals surface area (Å²) in [6.07, 6.45) is 2.86. The van der Waals surface area contributed by atoms with Crippen LogP contribution in [0.2, 0.25) is 0 Å². The first-order valence-electron chi connectivity index (χ1n) is 10.0. The zero-order chi connectivity index (χ0) is 20.6. The average molecular weight is 393 g/mol. The van der Waals surface area contributed by atoms with E-state index in [1.54, 1.807) is 24.3 Å². The molecule has 3 rings (SSSR count). The van der Waals surface area contributed by atoms with Gasteiger partial charge in [-0.25, -0.2) is 0 Å². The third kappa shape index (κ3) is 6.17. The quantitative estimate of drug-likeness (QED) is 0.699. The van der Waals surface area contributed by atoms with Crippen molar-refractivity contribution in [1.82, 2.24) is 5.32 Å². The van der Waals surface area contributed by atoms with Crippen LogP contribution in [0.15, 0.2) is 54.6 Å². The highest BCUT2D eigenvalue weighted by Crippen LogP contribution is 2.30. The lowest BCUT2D eigenvalue weighted by atomic mass is 9.81.